The first-order valence-corrected chi connectivity index (χ1v) is 10.8. The van der Waals surface area contributed by atoms with E-state index in [-0.39, 0.29) is 24.9 Å². The summed E-state index contributed by atoms with van der Waals surface area (Å²) in [5, 5.41) is 5.07. The molecule has 35 heavy (non-hydrogen) atoms. The molecule has 2 aromatic rings. The summed E-state index contributed by atoms with van der Waals surface area (Å²) in [6, 6.07) is 7.60. The number of piperidine rings is 1. The van der Waals surface area contributed by atoms with E-state index in [1.54, 1.807) is 18.2 Å². The monoisotopic (exact) mass is 491 g/mol. The standard InChI is InChI=1S/C25H22F5N3O2/c1-14-7-10-21(22(34)32-14)33-13-17-11-16(8-9-18(17)23(33)35)12-31-15(2)24(26,27)19-5-3-4-6-20(19)25(28,29)30/h3-6,8-9,11,21,31H,1-2,7,10,12-13H2,(H,32,34). The Labute approximate surface area is 198 Å². The molecule has 2 aromatic carbocycles. The first-order chi connectivity index (χ1) is 16.4. The molecular weight excluding hydrogens is 469 g/mol. The molecule has 2 aliphatic rings. The fraction of sp³-hybridized carbons (Fsp3) is 0.280. The van der Waals surface area contributed by atoms with Crippen molar-refractivity contribution < 1.29 is 31.5 Å². The number of allylic oxidation sites excluding steroid dienone is 2. The lowest BCUT2D eigenvalue weighted by molar-refractivity contribution is -0.141. The summed E-state index contributed by atoms with van der Waals surface area (Å²) in [5.74, 6) is -4.58. The summed E-state index contributed by atoms with van der Waals surface area (Å²) in [4.78, 5) is 26.6. The van der Waals surface area contributed by atoms with Crippen molar-refractivity contribution in [2.45, 2.75) is 44.1 Å². The molecule has 2 aliphatic heterocycles. The highest BCUT2D eigenvalue weighted by Gasteiger charge is 2.44. The van der Waals surface area contributed by atoms with Gasteiger partial charge in [-0.05, 0) is 36.1 Å². The van der Waals surface area contributed by atoms with Crippen molar-refractivity contribution in [1.29, 1.82) is 0 Å². The summed E-state index contributed by atoms with van der Waals surface area (Å²) in [5.41, 5.74) is -1.33. The van der Waals surface area contributed by atoms with E-state index in [4.69, 9.17) is 0 Å². The Morgan fingerprint density at radius 3 is 2.43 bits per heavy atom. The number of fused-ring (bicyclic) bond motifs is 1. The van der Waals surface area contributed by atoms with Crippen LogP contribution in [-0.4, -0.2) is 22.8 Å². The SMILES string of the molecule is C=C1CCC(N2Cc3cc(CNC(=C)C(F)(F)c4ccccc4C(F)(F)F)ccc3C2=O)C(=O)N1. The first-order valence-electron chi connectivity index (χ1n) is 10.8. The predicted octanol–water partition coefficient (Wildman–Crippen LogP) is 4.85. The minimum atomic E-state index is -4.94. The van der Waals surface area contributed by atoms with E-state index in [9.17, 15) is 31.5 Å². The van der Waals surface area contributed by atoms with E-state index >= 15 is 0 Å². The van der Waals surface area contributed by atoms with Crippen LogP contribution in [0.3, 0.4) is 0 Å². The summed E-state index contributed by atoms with van der Waals surface area (Å²) in [7, 11) is 0. The average molecular weight is 491 g/mol. The van der Waals surface area contributed by atoms with E-state index in [1.165, 1.54) is 4.90 Å². The molecule has 5 nitrogen and oxygen atoms in total. The zero-order valence-corrected chi connectivity index (χ0v) is 18.5. The summed E-state index contributed by atoms with van der Waals surface area (Å²) < 4.78 is 69.4. The van der Waals surface area contributed by atoms with Crippen LogP contribution in [0.15, 0.2) is 67.0 Å². The Morgan fingerprint density at radius 2 is 1.77 bits per heavy atom. The molecule has 1 atom stereocenters. The third-order valence-electron chi connectivity index (χ3n) is 6.16. The van der Waals surface area contributed by atoms with Gasteiger partial charge in [0.1, 0.15) is 6.04 Å². The highest BCUT2D eigenvalue weighted by molar-refractivity contribution is 6.01. The van der Waals surface area contributed by atoms with Crippen LogP contribution < -0.4 is 10.6 Å². The molecule has 1 fully saturated rings. The Kier molecular flexibility index (Phi) is 6.16. The number of alkyl halides is 5. The van der Waals surface area contributed by atoms with Gasteiger partial charge in [0.25, 0.3) is 5.91 Å². The number of benzene rings is 2. The Morgan fingerprint density at radius 1 is 1.09 bits per heavy atom. The number of hydrogen-bond acceptors (Lipinski definition) is 3. The largest absolute Gasteiger partial charge is 0.416 e. The van der Waals surface area contributed by atoms with Crippen molar-refractivity contribution in [3.05, 3.63) is 94.8 Å². The minimum Gasteiger partial charge on any atom is -0.380 e. The lowest BCUT2D eigenvalue weighted by Crippen LogP contribution is -2.49. The van der Waals surface area contributed by atoms with Gasteiger partial charge in [-0.2, -0.15) is 22.0 Å². The second-order valence-electron chi connectivity index (χ2n) is 8.52. The molecule has 1 unspecified atom stereocenters. The molecule has 2 N–H and O–H groups in total. The van der Waals surface area contributed by atoms with Crippen molar-refractivity contribution in [1.82, 2.24) is 15.5 Å². The third kappa shape index (κ3) is 4.65. The fourth-order valence-electron chi connectivity index (χ4n) is 4.30. The zero-order valence-electron chi connectivity index (χ0n) is 18.5. The summed E-state index contributed by atoms with van der Waals surface area (Å²) >= 11 is 0. The normalized spacial score (nSPS) is 18.4. The van der Waals surface area contributed by atoms with Gasteiger partial charge in [0.15, 0.2) is 0 Å². The number of nitrogens with zero attached hydrogens (tertiary/aromatic N) is 1. The molecular formula is C25H22F5N3O2. The van der Waals surface area contributed by atoms with Gasteiger partial charge in [-0.25, -0.2) is 0 Å². The van der Waals surface area contributed by atoms with Crippen molar-refractivity contribution in [2.75, 3.05) is 0 Å². The molecule has 0 aliphatic carbocycles. The first kappa shape index (κ1) is 24.4. The molecule has 0 saturated carbocycles. The topological polar surface area (TPSA) is 61.4 Å². The molecule has 0 spiro atoms. The second kappa shape index (κ2) is 8.83. The van der Waals surface area contributed by atoms with E-state index in [0.717, 1.165) is 18.2 Å². The number of rotatable bonds is 6. The van der Waals surface area contributed by atoms with Gasteiger partial charge in [0, 0.05) is 29.9 Å². The molecule has 0 aromatic heterocycles. The molecule has 2 amide bonds. The predicted molar refractivity (Wildman–Crippen MR) is 118 cm³/mol. The summed E-state index contributed by atoms with van der Waals surface area (Å²) in [6.45, 7) is 7.03. The van der Waals surface area contributed by atoms with Crippen molar-refractivity contribution in [3.63, 3.8) is 0 Å². The Hall–Kier alpha value is -3.69. The Balaban J connectivity index is 1.46. The van der Waals surface area contributed by atoms with Gasteiger partial charge in [-0.15, -0.1) is 0 Å². The number of carbonyl (C=O) groups excluding carboxylic acids is 2. The molecule has 10 heteroatoms. The van der Waals surface area contributed by atoms with Gasteiger partial charge in [0.05, 0.1) is 11.3 Å². The number of hydrogen-bond donors (Lipinski definition) is 2. The molecule has 4 rings (SSSR count). The highest BCUT2D eigenvalue weighted by atomic mass is 19.4. The molecule has 0 radical (unpaired) electrons. The van der Waals surface area contributed by atoms with E-state index in [2.05, 4.69) is 23.8 Å². The van der Waals surface area contributed by atoms with Crippen LogP contribution >= 0.6 is 0 Å². The zero-order chi connectivity index (χ0) is 25.5. The molecule has 1 saturated heterocycles. The minimum absolute atomic E-state index is 0.145. The number of halogens is 5. The van der Waals surface area contributed by atoms with E-state index in [1.807, 2.05) is 0 Å². The summed E-state index contributed by atoms with van der Waals surface area (Å²) in [6.07, 6.45) is -3.94. The van der Waals surface area contributed by atoms with Crippen molar-refractivity contribution in [3.8, 4) is 0 Å². The van der Waals surface area contributed by atoms with E-state index in [0.29, 0.717) is 41.3 Å². The van der Waals surface area contributed by atoms with Crippen LogP contribution in [0, 0.1) is 0 Å². The number of carbonyl (C=O) groups is 2. The van der Waals surface area contributed by atoms with Gasteiger partial charge in [0.2, 0.25) is 5.91 Å². The second-order valence-corrected chi connectivity index (χ2v) is 8.52. The van der Waals surface area contributed by atoms with E-state index < -0.39 is 35.0 Å². The Bertz CT molecular complexity index is 1220. The van der Waals surface area contributed by atoms with Crippen LogP contribution in [0.25, 0.3) is 0 Å². The lowest BCUT2D eigenvalue weighted by atomic mass is 9.99. The lowest BCUT2D eigenvalue weighted by Gasteiger charge is -2.30. The maximum atomic E-state index is 14.9. The van der Waals surface area contributed by atoms with Crippen molar-refractivity contribution >= 4 is 11.8 Å². The van der Waals surface area contributed by atoms with Crippen LogP contribution in [0.2, 0.25) is 0 Å². The van der Waals surface area contributed by atoms with Crippen LogP contribution in [0.1, 0.15) is 45.5 Å². The third-order valence-corrected chi connectivity index (χ3v) is 6.16. The van der Waals surface area contributed by atoms with Gasteiger partial charge in [-0.1, -0.05) is 43.5 Å². The molecule has 2 heterocycles. The van der Waals surface area contributed by atoms with Gasteiger partial charge < -0.3 is 15.5 Å². The maximum Gasteiger partial charge on any atom is 0.416 e. The number of nitrogens with one attached hydrogen (secondary N) is 2. The highest BCUT2D eigenvalue weighted by Crippen LogP contribution is 2.42. The molecule has 0 bridgehead atoms. The van der Waals surface area contributed by atoms with Crippen LogP contribution in [0.5, 0.6) is 0 Å². The van der Waals surface area contributed by atoms with Crippen LogP contribution in [0.4, 0.5) is 22.0 Å². The van der Waals surface area contributed by atoms with Crippen molar-refractivity contribution in [2.24, 2.45) is 0 Å². The van der Waals surface area contributed by atoms with Gasteiger partial charge in [-0.3, -0.25) is 9.59 Å². The fourth-order valence-corrected chi connectivity index (χ4v) is 4.30. The smallest absolute Gasteiger partial charge is 0.380 e. The van der Waals surface area contributed by atoms with Gasteiger partial charge >= 0.3 is 12.1 Å². The quantitative estimate of drug-likeness (QED) is 0.568. The average Bonchev–Trinajstić information content (AvgIpc) is 3.12. The molecule has 184 valence electrons. The number of amides is 2. The van der Waals surface area contributed by atoms with Crippen LogP contribution in [-0.2, 0) is 30.0 Å². The maximum absolute atomic E-state index is 14.9.